The fourth-order valence-corrected chi connectivity index (χ4v) is 1.46. The van der Waals surface area contributed by atoms with Gasteiger partial charge in [0.2, 0.25) is 11.1 Å². The van der Waals surface area contributed by atoms with E-state index in [1.54, 1.807) is 0 Å². The van der Waals surface area contributed by atoms with Crippen molar-refractivity contribution in [2.24, 2.45) is 0 Å². The van der Waals surface area contributed by atoms with E-state index in [0.29, 0.717) is 0 Å². The molecular formula is C9H13ClN4O4. The van der Waals surface area contributed by atoms with Crippen molar-refractivity contribution in [1.82, 2.24) is 9.97 Å². The van der Waals surface area contributed by atoms with Gasteiger partial charge in [-0.1, -0.05) is 0 Å². The lowest BCUT2D eigenvalue weighted by Crippen LogP contribution is -2.43. The number of nitro groups is 1. The third kappa shape index (κ3) is 3.03. The van der Waals surface area contributed by atoms with Crippen LogP contribution < -0.4 is 5.32 Å². The smallest absolute Gasteiger partial charge is 0.332 e. The molecule has 9 heteroatoms. The molecule has 0 atom stereocenters. The van der Waals surface area contributed by atoms with Crippen LogP contribution in [-0.2, 0) is 0 Å². The summed E-state index contributed by atoms with van der Waals surface area (Å²) >= 11 is 5.63. The number of aryl methyl sites for hydroxylation is 1. The van der Waals surface area contributed by atoms with E-state index in [4.69, 9.17) is 21.8 Å². The summed E-state index contributed by atoms with van der Waals surface area (Å²) < 4.78 is 0. The zero-order valence-corrected chi connectivity index (χ0v) is 10.6. The summed E-state index contributed by atoms with van der Waals surface area (Å²) in [6, 6.07) is 0. The van der Waals surface area contributed by atoms with Crippen LogP contribution in [0.1, 0.15) is 12.6 Å². The van der Waals surface area contributed by atoms with Gasteiger partial charge in [0, 0.05) is 0 Å². The molecule has 1 heterocycles. The Labute approximate surface area is 108 Å². The minimum absolute atomic E-state index is 0.0979. The maximum absolute atomic E-state index is 10.9. The van der Waals surface area contributed by atoms with Crippen LogP contribution in [0.2, 0.25) is 5.28 Å². The van der Waals surface area contributed by atoms with Crippen LogP contribution in [0.3, 0.4) is 0 Å². The summed E-state index contributed by atoms with van der Waals surface area (Å²) in [5.41, 5.74) is -1.39. The molecule has 8 nitrogen and oxygen atoms in total. The number of aliphatic hydroxyl groups excluding tert-OH is 2. The van der Waals surface area contributed by atoms with Gasteiger partial charge in [0.05, 0.1) is 23.7 Å². The average Bonchev–Trinajstić information content (AvgIpc) is 2.27. The Kier molecular flexibility index (Phi) is 4.38. The van der Waals surface area contributed by atoms with Crippen molar-refractivity contribution in [3.8, 4) is 0 Å². The lowest BCUT2D eigenvalue weighted by molar-refractivity contribution is -0.385. The predicted octanol–water partition coefficient (Wildman–Crippen LogP) is 0.502. The number of aromatic nitrogens is 2. The fourth-order valence-electron chi connectivity index (χ4n) is 1.25. The van der Waals surface area contributed by atoms with Gasteiger partial charge in [0.1, 0.15) is 5.69 Å². The van der Waals surface area contributed by atoms with Crippen molar-refractivity contribution in [2.45, 2.75) is 19.4 Å². The van der Waals surface area contributed by atoms with Crippen molar-refractivity contribution in [1.29, 1.82) is 0 Å². The number of nitrogens with one attached hydrogen (secondary N) is 1. The van der Waals surface area contributed by atoms with Gasteiger partial charge < -0.3 is 15.5 Å². The maximum atomic E-state index is 10.9. The topological polar surface area (TPSA) is 121 Å². The number of halogens is 1. The molecule has 0 aliphatic rings. The molecule has 0 aromatic carbocycles. The van der Waals surface area contributed by atoms with E-state index in [-0.39, 0.29) is 22.5 Å². The summed E-state index contributed by atoms with van der Waals surface area (Å²) in [6.45, 7) is 2.05. The van der Waals surface area contributed by atoms with Crippen LogP contribution in [0, 0.1) is 17.0 Å². The molecule has 0 amide bonds. The van der Waals surface area contributed by atoms with Crippen LogP contribution in [-0.4, -0.2) is 43.9 Å². The van der Waals surface area contributed by atoms with Crippen LogP contribution in [0.5, 0.6) is 0 Å². The van der Waals surface area contributed by atoms with Crippen molar-refractivity contribution >= 4 is 23.1 Å². The van der Waals surface area contributed by atoms with Gasteiger partial charge in [-0.05, 0) is 25.4 Å². The van der Waals surface area contributed by atoms with E-state index in [2.05, 4.69) is 15.3 Å². The molecule has 0 fully saturated rings. The van der Waals surface area contributed by atoms with Gasteiger partial charge in [-0.2, -0.15) is 4.98 Å². The fraction of sp³-hybridized carbons (Fsp3) is 0.556. The number of aliphatic hydroxyl groups is 2. The summed E-state index contributed by atoms with van der Waals surface area (Å²) in [5, 5.41) is 31.7. The molecule has 3 N–H and O–H groups in total. The minimum Gasteiger partial charge on any atom is -0.394 e. The number of hydrogen-bond acceptors (Lipinski definition) is 7. The minimum atomic E-state index is -1.14. The SMILES string of the molecule is Cc1nc(Cl)nc(NC(C)(CO)CO)c1[N+](=O)[O-]. The first-order valence-electron chi connectivity index (χ1n) is 5.01. The summed E-state index contributed by atoms with van der Waals surface area (Å²) in [6.07, 6.45) is 0. The molecule has 0 unspecified atom stereocenters. The number of nitrogens with zero attached hydrogens (tertiary/aromatic N) is 3. The van der Waals surface area contributed by atoms with E-state index in [1.807, 2.05) is 0 Å². The predicted molar refractivity (Wildman–Crippen MR) is 64.6 cm³/mol. The molecule has 0 aliphatic heterocycles. The Morgan fingerprint density at radius 1 is 1.44 bits per heavy atom. The molecule has 18 heavy (non-hydrogen) atoms. The highest BCUT2D eigenvalue weighted by Crippen LogP contribution is 2.28. The molecule has 0 radical (unpaired) electrons. The van der Waals surface area contributed by atoms with Gasteiger partial charge in [-0.3, -0.25) is 10.1 Å². The maximum Gasteiger partial charge on any atom is 0.332 e. The van der Waals surface area contributed by atoms with Crippen molar-refractivity contribution in [2.75, 3.05) is 18.5 Å². The van der Waals surface area contributed by atoms with Crippen LogP contribution in [0.25, 0.3) is 0 Å². The van der Waals surface area contributed by atoms with Crippen LogP contribution in [0.15, 0.2) is 0 Å². The number of rotatable bonds is 5. The largest absolute Gasteiger partial charge is 0.394 e. The van der Waals surface area contributed by atoms with Crippen molar-refractivity contribution < 1.29 is 15.1 Å². The molecule has 0 bridgehead atoms. The van der Waals surface area contributed by atoms with E-state index in [1.165, 1.54) is 13.8 Å². The lowest BCUT2D eigenvalue weighted by atomic mass is 10.1. The molecule has 0 saturated heterocycles. The van der Waals surface area contributed by atoms with Crippen LogP contribution >= 0.6 is 11.6 Å². The highest BCUT2D eigenvalue weighted by molar-refractivity contribution is 6.28. The Hall–Kier alpha value is -1.51. The van der Waals surface area contributed by atoms with Crippen LogP contribution in [0.4, 0.5) is 11.5 Å². The lowest BCUT2D eigenvalue weighted by Gasteiger charge is -2.26. The first-order chi connectivity index (χ1) is 8.33. The summed E-state index contributed by atoms with van der Waals surface area (Å²) in [5.74, 6) is -0.136. The quantitative estimate of drug-likeness (QED) is 0.407. The standard InChI is InChI=1S/C9H13ClN4O4/c1-5-6(14(17)18)7(12-8(10)11-5)13-9(2,3-15)4-16/h15-16H,3-4H2,1-2H3,(H,11,12,13). The number of hydrogen-bond donors (Lipinski definition) is 3. The zero-order valence-electron chi connectivity index (χ0n) is 9.84. The van der Waals surface area contributed by atoms with E-state index in [9.17, 15) is 10.1 Å². The second kappa shape index (κ2) is 5.42. The Balaban J connectivity index is 3.27. The second-order valence-electron chi connectivity index (χ2n) is 4.03. The first-order valence-corrected chi connectivity index (χ1v) is 5.39. The third-order valence-corrected chi connectivity index (χ3v) is 2.50. The van der Waals surface area contributed by atoms with Crippen molar-refractivity contribution in [3.63, 3.8) is 0 Å². The van der Waals surface area contributed by atoms with E-state index >= 15 is 0 Å². The Bertz CT molecular complexity index is 464. The zero-order chi connectivity index (χ0) is 13.9. The summed E-state index contributed by atoms with van der Waals surface area (Å²) in [4.78, 5) is 17.7. The molecule has 1 aromatic rings. The molecular weight excluding hydrogens is 264 g/mol. The normalized spacial score (nSPS) is 11.4. The molecule has 0 aliphatic carbocycles. The van der Waals surface area contributed by atoms with E-state index in [0.717, 1.165) is 0 Å². The molecule has 0 saturated carbocycles. The van der Waals surface area contributed by atoms with Gasteiger partial charge in [-0.15, -0.1) is 0 Å². The van der Waals surface area contributed by atoms with Gasteiger partial charge in [0.25, 0.3) is 0 Å². The molecule has 1 rings (SSSR count). The highest BCUT2D eigenvalue weighted by atomic mass is 35.5. The second-order valence-corrected chi connectivity index (χ2v) is 4.37. The Morgan fingerprint density at radius 2 is 2.00 bits per heavy atom. The van der Waals surface area contributed by atoms with Crippen molar-refractivity contribution in [3.05, 3.63) is 21.1 Å². The van der Waals surface area contributed by atoms with E-state index < -0.39 is 23.7 Å². The summed E-state index contributed by atoms with van der Waals surface area (Å²) in [7, 11) is 0. The molecule has 100 valence electrons. The highest BCUT2D eigenvalue weighted by Gasteiger charge is 2.29. The monoisotopic (exact) mass is 276 g/mol. The average molecular weight is 277 g/mol. The first kappa shape index (κ1) is 14.6. The van der Waals surface area contributed by atoms with Gasteiger partial charge in [-0.25, -0.2) is 4.98 Å². The Morgan fingerprint density at radius 3 is 2.44 bits per heavy atom. The molecule has 1 aromatic heterocycles. The molecule has 0 spiro atoms. The van der Waals surface area contributed by atoms with Gasteiger partial charge >= 0.3 is 5.69 Å². The number of anilines is 1. The third-order valence-electron chi connectivity index (χ3n) is 2.33. The van der Waals surface area contributed by atoms with Gasteiger partial charge in [0.15, 0.2) is 0 Å².